The molecule has 1 rings (SSSR count). The van der Waals surface area contributed by atoms with Crippen molar-refractivity contribution in [3.8, 4) is 0 Å². The monoisotopic (exact) mass is 240 g/mol. The van der Waals surface area contributed by atoms with Crippen LogP contribution in [0.2, 0.25) is 0 Å². The van der Waals surface area contributed by atoms with Crippen molar-refractivity contribution in [2.24, 2.45) is 16.7 Å². The van der Waals surface area contributed by atoms with E-state index in [1.807, 2.05) is 13.8 Å². The van der Waals surface area contributed by atoms with Gasteiger partial charge in [0, 0.05) is 18.3 Å². The van der Waals surface area contributed by atoms with Gasteiger partial charge in [-0.1, -0.05) is 13.8 Å². The van der Waals surface area contributed by atoms with Crippen molar-refractivity contribution in [2.45, 2.75) is 40.0 Å². The number of aldehydes is 1. The molecule has 0 unspecified atom stereocenters. The first-order valence-corrected chi connectivity index (χ1v) is 5.86. The van der Waals surface area contributed by atoms with E-state index < -0.39 is 10.8 Å². The van der Waals surface area contributed by atoms with E-state index in [0.717, 1.165) is 6.29 Å². The van der Waals surface area contributed by atoms with E-state index in [0.29, 0.717) is 12.8 Å². The molecule has 0 aromatic heterocycles. The lowest BCUT2D eigenvalue weighted by molar-refractivity contribution is -0.166. The molecule has 0 aliphatic heterocycles. The van der Waals surface area contributed by atoms with Crippen molar-refractivity contribution in [1.29, 1.82) is 0 Å². The third-order valence-electron chi connectivity index (χ3n) is 4.21. The predicted octanol–water partition coefficient (Wildman–Crippen LogP) is 1.76. The molecule has 1 saturated carbocycles. The Bertz CT molecular complexity index is 345. The Labute approximate surface area is 102 Å². The molecular formula is C13H20O4. The lowest BCUT2D eigenvalue weighted by Crippen LogP contribution is -2.51. The van der Waals surface area contributed by atoms with Crippen LogP contribution in [0.5, 0.6) is 0 Å². The van der Waals surface area contributed by atoms with Gasteiger partial charge in [-0.25, -0.2) is 0 Å². The van der Waals surface area contributed by atoms with Gasteiger partial charge < -0.3 is 9.53 Å². The molecule has 0 aromatic rings. The third kappa shape index (κ3) is 2.13. The van der Waals surface area contributed by atoms with Crippen molar-refractivity contribution in [3.63, 3.8) is 0 Å². The molecule has 0 bridgehead atoms. The normalized spacial score (nSPS) is 32.0. The number of rotatable bonds is 3. The minimum atomic E-state index is -0.743. The number of carbonyl (C=O) groups is 3. The zero-order valence-electron chi connectivity index (χ0n) is 10.9. The second-order valence-corrected chi connectivity index (χ2v) is 5.51. The Morgan fingerprint density at radius 1 is 1.47 bits per heavy atom. The Morgan fingerprint density at radius 3 is 2.53 bits per heavy atom. The first-order chi connectivity index (χ1) is 7.80. The summed E-state index contributed by atoms with van der Waals surface area (Å²) < 4.78 is 4.83. The summed E-state index contributed by atoms with van der Waals surface area (Å²) in [5, 5.41) is 0. The van der Waals surface area contributed by atoms with Crippen molar-refractivity contribution in [1.82, 2.24) is 0 Å². The number of Topliss-reactive ketones (excluding diaryl/α,β-unsaturated/α-hetero) is 1. The second-order valence-electron chi connectivity index (χ2n) is 5.51. The average molecular weight is 240 g/mol. The van der Waals surface area contributed by atoms with E-state index in [-0.39, 0.29) is 24.1 Å². The maximum absolute atomic E-state index is 11.9. The molecule has 1 fully saturated rings. The highest BCUT2D eigenvalue weighted by atomic mass is 16.5. The highest BCUT2D eigenvalue weighted by Gasteiger charge is 2.54. The van der Waals surface area contributed by atoms with Crippen LogP contribution in [-0.4, -0.2) is 25.1 Å². The van der Waals surface area contributed by atoms with Crippen molar-refractivity contribution in [2.75, 3.05) is 7.11 Å². The molecule has 0 N–H and O–H groups in total. The van der Waals surface area contributed by atoms with Crippen LogP contribution in [0.4, 0.5) is 0 Å². The minimum absolute atomic E-state index is 0.116. The first-order valence-electron chi connectivity index (χ1n) is 5.86. The molecule has 0 aromatic carbocycles. The van der Waals surface area contributed by atoms with E-state index in [1.165, 1.54) is 7.11 Å². The van der Waals surface area contributed by atoms with Gasteiger partial charge in [-0.3, -0.25) is 9.59 Å². The summed E-state index contributed by atoms with van der Waals surface area (Å²) in [6, 6.07) is 0. The van der Waals surface area contributed by atoms with E-state index in [9.17, 15) is 14.4 Å². The van der Waals surface area contributed by atoms with Crippen LogP contribution in [0.25, 0.3) is 0 Å². The molecule has 2 atom stereocenters. The maximum atomic E-state index is 11.9. The Kier molecular flexibility index (Phi) is 3.74. The summed E-state index contributed by atoms with van der Waals surface area (Å²) in [6.45, 7) is 5.41. The summed E-state index contributed by atoms with van der Waals surface area (Å²) in [5.41, 5.74) is -1.39. The van der Waals surface area contributed by atoms with E-state index >= 15 is 0 Å². The highest BCUT2D eigenvalue weighted by Crippen LogP contribution is 2.51. The number of ether oxygens (including phenoxy) is 1. The van der Waals surface area contributed by atoms with Crippen LogP contribution in [0.3, 0.4) is 0 Å². The third-order valence-corrected chi connectivity index (χ3v) is 4.21. The number of carbonyl (C=O) groups excluding carboxylic acids is 3. The first kappa shape index (κ1) is 13.9. The lowest BCUT2D eigenvalue weighted by atomic mass is 9.55. The van der Waals surface area contributed by atoms with E-state index in [1.54, 1.807) is 6.92 Å². The van der Waals surface area contributed by atoms with Crippen LogP contribution >= 0.6 is 0 Å². The number of ketones is 1. The fourth-order valence-corrected chi connectivity index (χ4v) is 2.99. The van der Waals surface area contributed by atoms with E-state index in [2.05, 4.69) is 0 Å². The Hall–Kier alpha value is -1.19. The molecule has 0 amide bonds. The lowest BCUT2D eigenvalue weighted by Gasteiger charge is -2.47. The molecular weight excluding hydrogens is 220 g/mol. The molecule has 0 radical (unpaired) electrons. The summed E-state index contributed by atoms with van der Waals surface area (Å²) >= 11 is 0. The predicted molar refractivity (Wildman–Crippen MR) is 62.3 cm³/mol. The zero-order valence-corrected chi connectivity index (χ0v) is 10.9. The molecule has 4 heteroatoms. The average Bonchev–Trinajstić information content (AvgIpc) is 2.29. The maximum Gasteiger partial charge on any atom is 0.311 e. The van der Waals surface area contributed by atoms with Crippen LogP contribution < -0.4 is 0 Å². The fourth-order valence-electron chi connectivity index (χ4n) is 2.99. The van der Waals surface area contributed by atoms with Crippen molar-refractivity contribution in [3.05, 3.63) is 0 Å². The number of hydrogen-bond acceptors (Lipinski definition) is 4. The van der Waals surface area contributed by atoms with Gasteiger partial charge in [0.15, 0.2) is 0 Å². The molecule has 0 heterocycles. The molecule has 17 heavy (non-hydrogen) atoms. The van der Waals surface area contributed by atoms with Gasteiger partial charge >= 0.3 is 5.97 Å². The van der Waals surface area contributed by atoms with Gasteiger partial charge in [-0.15, -0.1) is 0 Å². The van der Waals surface area contributed by atoms with Crippen LogP contribution in [0.1, 0.15) is 40.0 Å². The SMILES string of the molecule is COC(=O)[C@@]1(C)CCC(=O)C(C)(C)[C@H]1CC=O. The largest absolute Gasteiger partial charge is 0.469 e. The van der Waals surface area contributed by atoms with Gasteiger partial charge in [0.2, 0.25) is 0 Å². The summed E-state index contributed by atoms with van der Waals surface area (Å²) in [5.74, 6) is -0.503. The number of esters is 1. The molecule has 0 saturated heterocycles. The van der Waals surface area contributed by atoms with Gasteiger partial charge in [-0.05, 0) is 19.3 Å². The van der Waals surface area contributed by atoms with E-state index in [4.69, 9.17) is 4.74 Å². The fraction of sp³-hybridized carbons (Fsp3) is 0.769. The molecule has 96 valence electrons. The Balaban J connectivity index is 3.17. The van der Waals surface area contributed by atoms with Crippen LogP contribution in [0, 0.1) is 16.7 Å². The minimum Gasteiger partial charge on any atom is -0.469 e. The quantitative estimate of drug-likeness (QED) is 0.557. The van der Waals surface area contributed by atoms with Gasteiger partial charge in [-0.2, -0.15) is 0 Å². The molecule has 1 aliphatic rings. The summed E-state index contributed by atoms with van der Waals surface area (Å²) in [4.78, 5) is 34.7. The highest BCUT2D eigenvalue weighted by molar-refractivity contribution is 5.89. The standard InChI is InChI=1S/C13H20O4/c1-12(2)9(6-8-14)13(3,11(16)17-4)7-5-10(12)15/h8-9H,5-7H2,1-4H3/t9-,13+/m1/s1. The van der Waals surface area contributed by atoms with Crippen LogP contribution in [-0.2, 0) is 19.1 Å². The summed E-state index contributed by atoms with van der Waals surface area (Å²) in [7, 11) is 1.34. The zero-order chi connectivity index (χ0) is 13.3. The summed E-state index contributed by atoms with van der Waals surface area (Å²) in [6.07, 6.45) is 1.82. The smallest absolute Gasteiger partial charge is 0.311 e. The van der Waals surface area contributed by atoms with Gasteiger partial charge in [0.1, 0.15) is 12.1 Å². The number of hydrogen-bond donors (Lipinski definition) is 0. The molecule has 0 spiro atoms. The topological polar surface area (TPSA) is 60.4 Å². The molecule has 4 nitrogen and oxygen atoms in total. The van der Waals surface area contributed by atoms with Crippen LogP contribution in [0.15, 0.2) is 0 Å². The van der Waals surface area contributed by atoms with Gasteiger partial charge in [0.25, 0.3) is 0 Å². The number of methoxy groups -OCH3 is 1. The van der Waals surface area contributed by atoms with Crippen molar-refractivity contribution < 1.29 is 19.1 Å². The second kappa shape index (κ2) is 4.59. The Morgan fingerprint density at radius 2 is 2.06 bits per heavy atom. The van der Waals surface area contributed by atoms with Gasteiger partial charge in [0.05, 0.1) is 12.5 Å². The van der Waals surface area contributed by atoms with Crippen molar-refractivity contribution >= 4 is 18.0 Å². The molecule has 1 aliphatic carbocycles.